The molecular weight excluding hydrogens is 272 g/mol. The number of aromatic nitrogens is 2. The van der Waals surface area contributed by atoms with Crippen molar-refractivity contribution in [2.75, 3.05) is 51.2 Å². The first kappa shape index (κ1) is 13.7. The second-order valence-electron chi connectivity index (χ2n) is 4.71. The summed E-state index contributed by atoms with van der Waals surface area (Å²) < 4.78 is 16.1. The maximum atomic E-state index is 6.07. The van der Waals surface area contributed by atoms with Crippen molar-refractivity contribution in [3.8, 4) is 11.5 Å². The predicted octanol–water partition coefficient (Wildman–Crippen LogP) is 1.07. The summed E-state index contributed by atoms with van der Waals surface area (Å²) in [6, 6.07) is 3.64. The van der Waals surface area contributed by atoms with E-state index < -0.39 is 0 Å². The Hall–Kier alpha value is -2.28. The number of methoxy groups -OCH3 is 2. The van der Waals surface area contributed by atoms with Crippen LogP contribution in [0.2, 0.25) is 0 Å². The highest BCUT2D eigenvalue weighted by molar-refractivity contribution is 5.95. The van der Waals surface area contributed by atoms with Gasteiger partial charge in [-0.05, 0) is 12.1 Å². The third-order valence-corrected chi connectivity index (χ3v) is 3.52. The molecule has 0 unspecified atom stereocenters. The van der Waals surface area contributed by atoms with Gasteiger partial charge in [-0.15, -0.1) is 0 Å². The Morgan fingerprint density at radius 3 is 2.57 bits per heavy atom. The molecule has 2 aromatic rings. The van der Waals surface area contributed by atoms with Gasteiger partial charge >= 0.3 is 0 Å². The zero-order chi connectivity index (χ0) is 14.8. The average molecular weight is 290 g/mol. The van der Waals surface area contributed by atoms with Crippen molar-refractivity contribution in [3.05, 3.63) is 12.1 Å². The summed E-state index contributed by atoms with van der Waals surface area (Å²) in [4.78, 5) is 11.1. The van der Waals surface area contributed by atoms with Gasteiger partial charge in [0.15, 0.2) is 11.5 Å². The summed E-state index contributed by atoms with van der Waals surface area (Å²) in [6.07, 6.45) is 0. The molecule has 2 N–H and O–H groups in total. The Labute approximate surface area is 122 Å². The summed E-state index contributed by atoms with van der Waals surface area (Å²) >= 11 is 0. The number of nitrogen functional groups attached to an aromatic ring is 1. The van der Waals surface area contributed by atoms with Gasteiger partial charge in [0.1, 0.15) is 11.3 Å². The summed E-state index contributed by atoms with van der Waals surface area (Å²) in [5, 5.41) is 0.754. The molecule has 21 heavy (non-hydrogen) atoms. The molecule has 1 saturated heterocycles. The largest absolute Gasteiger partial charge is 0.493 e. The monoisotopic (exact) mass is 290 g/mol. The Bertz CT molecular complexity index is 656. The molecule has 0 amide bonds. The molecule has 0 saturated carbocycles. The molecule has 2 heterocycles. The van der Waals surface area contributed by atoms with E-state index in [2.05, 4.69) is 14.9 Å². The molecule has 7 nitrogen and oxygen atoms in total. The number of anilines is 2. The SMILES string of the molecule is COc1ccc2c(N)nc(N3CCOCC3)nc2c1OC. The molecule has 0 aliphatic carbocycles. The van der Waals surface area contributed by atoms with Crippen molar-refractivity contribution in [1.82, 2.24) is 9.97 Å². The van der Waals surface area contributed by atoms with Crippen LogP contribution >= 0.6 is 0 Å². The summed E-state index contributed by atoms with van der Waals surface area (Å²) in [6.45, 7) is 2.82. The van der Waals surface area contributed by atoms with Gasteiger partial charge in [0.25, 0.3) is 0 Å². The standard InChI is InChI=1S/C14H18N4O3/c1-19-10-4-3-9-11(12(10)20-2)16-14(17-13(9)15)18-5-7-21-8-6-18/h3-4H,5-8H2,1-2H3,(H2,15,16,17). The van der Waals surface area contributed by atoms with E-state index in [0.29, 0.717) is 42.0 Å². The maximum absolute atomic E-state index is 6.07. The number of morpholine rings is 1. The number of nitrogens with zero attached hydrogens (tertiary/aromatic N) is 3. The number of ether oxygens (including phenoxy) is 3. The molecule has 7 heteroatoms. The normalized spacial score (nSPS) is 15.2. The zero-order valence-corrected chi connectivity index (χ0v) is 12.1. The van der Waals surface area contributed by atoms with Crippen LogP contribution in [0.3, 0.4) is 0 Å². The highest BCUT2D eigenvalue weighted by atomic mass is 16.5. The number of hydrogen-bond acceptors (Lipinski definition) is 7. The fourth-order valence-corrected chi connectivity index (χ4v) is 2.43. The van der Waals surface area contributed by atoms with E-state index >= 15 is 0 Å². The van der Waals surface area contributed by atoms with Crippen molar-refractivity contribution < 1.29 is 14.2 Å². The highest BCUT2D eigenvalue weighted by Gasteiger charge is 2.19. The Kier molecular flexibility index (Phi) is 3.66. The van der Waals surface area contributed by atoms with Crippen LogP contribution in [0.1, 0.15) is 0 Å². The molecule has 1 aromatic carbocycles. The van der Waals surface area contributed by atoms with Crippen LogP contribution in [-0.2, 0) is 4.74 Å². The third-order valence-electron chi connectivity index (χ3n) is 3.52. The second-order valence-corrected chi connectivity index (χ2v) is 4.71. The van der Waals surface area contributed by atoms with Gasteiger partial charge in [-0.25, -0.2) is 4.98 Å². The second kappa shape index (κ2) is 5.61. The molecule has 1 aliphatic rings. The van der Waals surface area contributed by atoms with Gasteiger partial charge in [0.2, 0.25) is 5.95 Å². The number of fused-ring (bicyclic) bond motifs is 1. The highest BCUT2D eigenvalue weighted by Crippen LogP contribution is 2.36. The fourth-order valence-electron chi connectivity index (χ4n) is 2.43. The lowest BCUT2D eigenvalue weighted by Gasteiger charge is -2.27. The minimum absolute atomic E-state index is 0.433. The van der Waals surface area contributed by atoms with Gasteiger partial charge in [-0.3, -0.25) is 0 Å². The van der Waals surface area contributed by atoms with Gasteiger partial charge < -0.3 is 24.8 Å². The molecule has 1 fully saturated rings. The molecule has 0 radical (unpaired) electrons. The van der Waals surface area contributed by atoms with Gasteiger partial charge in [0.05, 0.1) is 27.4 Å². The molecule has 1 aliphatic heterocycles. The van der Waals surface area contributed by atoms with Crippen LogP contribution in [0, 0.1) is 0 Å². The molecule has 1 aromatic heterocycles. The smallest absolute Gasteiger partial charge is 0.228 e. The predicted molar refractivity (Wildman–Crippen MR) is 80.1 cm³/mol. The van der Waals surface area contributed by atoms with Gasteiger partial charge in [-0.1, -0.05) is 0 Å². The van der Waals surface area contributed by atoms with Crippen LogP contribution in [0.4, 0.5) is 11.8 Å². The van der Waals surface area contributed by atoms with Crippen LogP contribution < -0.4 is 20.1 Å². The number of benzene rings is 1. The van der Waals surface area contributed by atoms with Crippen molar-refractivity contribution in [2.24, 2.45) is 0 Å². The van der Waals surface area contributed by atoms with E-state index in [4.69, 9.17) is 19.9 Å². The van der Waals surface area contributed by atoms with Crippen molar-refractivity contribution in [3.63, 3.8) is 0 Å². The van der Waals surface area contributed by atoms with Crippen molar-refractivity contribution >= 4 is 22.7 Å². The minimum atomic E-state index is 0.433. The third kappa shape index (κ3) is 2.40. The lowest BCUT2D eigenvalue weighted by molar-refractivity contribution is 0.122. The topological polar surface area (TPSA) is 82.7 Å². The zero-order valence-electron chi connectivity index (χ0n) is 12.1. The molecule has 3 rings (SSSR count). The fraction of sp³-hybridized carbons (Fsp3) is 0.429. The number of nitrogens with two attached hydrogens (primary N) is 1. The van der Waals surface area contributed by atoms with Gasteiger partial charge in [-0.2, -0.15) is 4.98 Å². The maximum Gasteiger partial charge on any atom is 0.228 e. The van der Waals surface area contributed by atoms with Gasteiger partial charge in [0, 0.05) is 18.5 Å². The van der Waals surface area contributed by atoms with E-state index in [-0.39, 0.29) is 0 Å². The quantitative estimate of drug-likeness (QED) is 0.905. The van der Waals surface area contributed by atoms with E-state index in [1.54, 1.807) is 20.3 Å². The van der Waals surface area contributed by atoms with Crippen LogP contribution in [-0.4, -0.2) is 50.5 Å². The Morgan fingerprint density at radius 1 is 1.14 bits per heavy atom. The first-order valence-corrected chi connectivity index (χ1v) is 6.75. The summed E-state index contributed by atoms with van der Waals surface area (Å²) in [5.74, 6) is 2.21. The van der Waals surface area contributed by atoms with Crippen LogP contribution in [0.25, 0.3) is 10.9 Å². The number of hydrogen-bond donors (Lipinski definition) is 1. The molecule has 112 valence electrons. The first-order valence-electron chi connectivity index (χ1n) is 6.75. The summed E-state index contributed by atoms with van der Waals surface area (Å²) in [7, 11) is 3.18. The molecule has 0 atom stereocenters. The lowest BCUT2D eigenvalue weighted by atomic mass is 10.2. The van der Waals surface area contributed by atoms with Crippen LogP contribution in [0.15, 0.2) is 12.1 Å². The number of rotatable bonds is 3. The molecule has 0 bridgehead atoms. The van der Waals surface area contributed by atoms with E-state index in [1.807, 2.05) is 6.07 Å². The van der Waals surface area contributed by atoms with Crippen molar-refractivity contribution in [1.29, 1.82) is 0 Å². The van der Waals surface area contributed by atoms with E-state index in [1.165, 1.54) is 0 Å². The van der Waals surface area contributed by atoms with E-state index in [9.17, 15) is 0 Å². The molecular formula is C14H18N4O3. The summed E-state index contributed by atoms with van der Waals surface area (Å²) in [5.41, 5.74) is 6.73. The first-order chi connectivity index (χ1) is 10.2. The molecule has 0 spiro atoms. The van der Waals surface area contributed by atoms with Crippen LogP contribution in [0.5, 0.6) is 11.5 Å². The Morgan fingerprint density at radius 2 is 1.90 bits per heavy atom. The average Bonchev–Trinajstić information content (AvgIpc) is 2.54. The lowest BCUT2D eigenvalue weighted by Crippen LogP contribution is -2.37. The minimum Gasteiger partial charge on any atom is -0.493 e. The van der Waals surface area contributed by atoms with E-state index in [0.717, 1.165) is 18.5 Å². The van der Waals surface area contributed by atoms with Crippen molar-refractivity contribution in [2.45, 2.75) is 0 Å². The Balaban J connectivity index is 2.15.